The predicted molar refractivity (Wildman–Crippen MR) is 104 cm³/mol. The molecule has 0 bridgehead atoms. The van der Waals surface area contributed by atoms with Gasteiger partial charge in [-0.1, -0.05) is 43.1 Å². The molecule has 8 heteroatoms. The number of nitrogens with zero attached hydrogens (tertiary/aromatic N) is 3. The third-order valence-electron chi connectivity index (χ3n) is 4.43. The number of hydrogen-bond donors (Lipinski definition) is 1. The molecule has 0 fully saturated rings. The topological polar surface area (TPSA) is 97.0 Å². The van der Waals surface area contributed by atoms with E-state index in [2.05, 4.69) is 16.5 Å². The van der Waals surface area contributed by atoms with Crippen LogP contribution in [0, 0.1) is 11.3 Å². The molecule has 1 aromatic heterocycles. The summed E-state index contributed by atoms with van der Waals surface area (Å²) >= 11 is 6.42. The summed E-state index contributed by atoms with van der Waals surface area (Å²) < 4.78 is 5.90. The molecule has 1 aliphatic rings. The molecule has 2 heterocycles. The van der Waals surface area contributed by atoms with E-state index in [9.17, 15) is 14.9 Å². The Kier molecular flexibility index (Phi) is 5.81. The minimum Gasteiger partial charge on any atom is -0.456 e. The number of halogens is 1. The molecule has 1 aliphatic heterocycles. The van der Waals surface area contributed by atoms with Crippen LogP contribution in [0.4, 0.5) is 5.82 Å². The lowest BCUT2D eigenvalue weighted by Gasteiger charge is -2.26. The zero-order valence-corrected chi connectivity index (χ0v) is 16.3. The van der Waals surface area contributed by atoms with Gasteiger partial charge in [-0.05, 0) is 18.1 Å². The van der Waals surface area contributed by atoms with Crippen molar-refractivity contribution < 1.29 is 14.3 Å². The van der Waals surface area contributed by atoms with Crippen molar-refractivity contribution in [2.24, 2.45) is 0 Å². The zero-order valence-electron chi connectivity index (χ0n) is 15.5. The Balaban J connectivity index is 2.09. The fourth-order valence-corrected chi connectivity index (χ4v) is 3.45. The van der Waals surface area contributed by atoms with Gasteiger partial charge in [0, 0.05) is 29.4 Å². The lowest BCUT2D eigenvalue weighted by atomic mass is 9.82. The van der Waals surface area contributed by atoms with E-state index in [1.807, 2.05) is 25.1 Å². The number of rotatable bonds is 5. The lowest BCUT2D eigenvalue weighted by molar-refractivity contribution is -0.139. The molecule has 0 saturated heterocycles. The van der Waals surface area contributed by atoms with E-state index >= 15 is 0 Å². The average molecular weight is 399 g/mol. The number of nitrogens with one attached hydrogen (secondary N) is 1. The fraction of sp³-hybridized carbons (Fsp3) is 0.300. The van der Waals surface area contributed by atoms with Gasteiger partial charge in [-0.25, -0.2) is 4.68 Å². The van der Waals surface area contributed by atoms with Crippen LogP contribution >= 0.6 is 11.6 Å². The van der Waals surface area contributed by atoms with Crippen molar-refractivity contribution in [2.45, 2.75) is 32.6 Å². The summed E-state index contributed by atoms with van der Waals surface area (Å²) in [5.74, 6) is -0.980. The molecule has 1 N–H and O–H groups in total. The van der Waals surface area contributed by atoms with Gasteiger partial charge in [0.2, 0.25) is 0 Å². The van der Waals surface area contributed by atoms with Crippen molar-refractivity contribution in [3.05, 3.63) is 57.9 Å². The van der Waals surface area contributed by atoms with Crippen molar-refractivity contribution >= 4 is 29.3 Å². The van der Waals surface area contributed by atoms with Crippen LogP contribution in [0.15, 0.2) is 41.7 Å². The first-order valence-corrected chi connectivity index (χ1v) is 9.24. The Morgan fingerprint density at radius 3 is 2.75 bits per heavy atom. The summed E-state index contributed by atoms with van der Waals surface area (Å²) in [4.78, 5) is 23.3. The molecule has 0 radical (unpaired) electrons. The maximum absolute atomic E-state index is 12.3. The number of benzene rings is 1. The van der Waals surface area contributed by atoms with Crippen LogP contribution in [0.2, 0.25) is 5.02 Å². The number of carbonyl (C=O) groups excluding carboxylic acids is 2. The van der Waals surface area contributed by atoms with Gasteiger partial charge in [0.15, 0.2) is 12.4 Å². The normalized spacial score (nSPS) is 15.4. The van der Waals surface area contributed by atoms with Crippen LogP contribution < -0.4 is 5.32 Å². The number of nitriles is 1. The molecule has 1 unspecified atom stereocenters. The molecule has 1 atom stereocenters. The molecule has 1 aromatic carbocycles. The third kappa shape index (κ3) is 3.78. The Morgan fingerprint density at radius 2 is 2.11 bits per heavy atom. The zero-order chi connectivity index (χ0) is 20.3. The molecule has 0 amide bonds. The van der Waals surface area contributed by atoms with Crippen LogP contribution in [0.5, 0.6) is 0 Å². The maximum atomic E-state index is 12.3. The molecule has 2 aromatic rings. The lowest BCUT2D eigenvalue weighted by Crippen LogP contribution is -2.19. The SMILES string of the molecule is CCCC1=C(C#N)C(c2ccccc2Cl)c2cn(C(=O)COC(C)=O)nc2N1. The first kappa shape index (κ1) is 19.6. The van der Waals surface area contributed by atoms with Gasteiger partial charge in [-0.3, -0.25) is 9.59 Å². The summed E-state index contributed by atoms with van der Waals surface area (Å²) in [6, 6.07) is 9.61. The first-order chi connectivity index (χ1) is 13.5. The fourth-order valence-electron chi connectivity index (χ4n) is 3.20. The van der Waals surface area contributed by atoms with Gasteiger partial charge in [0.25, 0.3) is 5.91 Å². The molecule has 7 nitrogen and oxygen atoms in total. The molecule has 0 aliphatic carbocycles. The second kappa shape index (κ2) is 8.28. The van der Waals surface area contributed by atoms with Crippen molar-refractivity contribution in [1.82, 2.24) is 9.78 Å². The smallest absolute Gasteiger partial charge is 0.303 e. The Labute approximate surface area is 167 Å². The van der Waals surface area contributed by atoms with E-state index in [1.165, 1.54) is 6.92 Å². The average Bonchev–Trinajstić information content (AvgIpc) is 3.09. The quantitative estimate of drug-likeness (QED) is 0.767. The largest absolute Gasteiger partial charge is 0.456 e. The number of hydrogen-bond acceptors (Lipinski definition) is 6. The summed E-state index contributed by atoms with van der Waals surface area (Å²) in [6.45, 7) is 2.84. The van der Waals surface area contributed by atoms with Crippen LogP contribution in [0.1, 0.15) is 48.5 Å². The van der Waals surface area contributed by atoms with E-state index in [1.54, 1.807) is 12.3 Å². The van der Waals surface area contributed by atoms with Gasteiger partial charge in [-0.15, -0.1) is 5.10 Å². The van der Waals surface area contributed by atoms with E-state index in [0.29, 0.717) is 28.4 Å². The Bertz CT molecular complexity index is 1000. The van der Waals surface area contributed by atoms with Crippen molar-refractivity contribution in [3.8, 4) is 6.07 Å². The first-order valence-electron chi connectivity index (χ1n) is 8.87. The minimum atomic E-state index is -0.545. The number of anilines is 1. The molecular formula is C20H19ClN4O3. The van der Waals surface area contributed by atoms with Crippen molar-refractivity contribution in [2.75, 3.05) is 11.9 Å². The van der Waals surface area contributed by atoms with Crippen molar-refractivity contribution in [3.63, 3.8) is 0 Å². The maximum Gasteiger partial charge on any atom is 0.303 e. The number of carbonyl (C=O) groups is 2. The van der Waals surface area contributed by atoms with Crippen molar-refractivity contribution in [1.29, 1.82) is 5.26 Å². The predicted octanol–water partition coefficient (Wildman–Crippen LogP) is 3.87. The third-order valence-corrected chi connectivity index (χ3v) is 4.77. The highest BCUT2D eigenvalue weighted by Crippen LogP contribution is 2.43. The number of esters is 1. The van der Waals surface area contributed by atoms with Gasteiger partial charge in [-0.2, -0.15) is 5.26 Å². The van der Waals surface area contributed by atoms with E-state index in [4.69, 9.17) is 16.3 Å². The van der Waals surface area contributed by atoms with Crippen LogP contribution in [-0.2, 0) is 9.53 Å². The molecule has 0 saturated carbocycles. The van der Waals surface area contributed by atoms with Crippen LogP contribution in [-0.4, -0.2) is 28.3 Å². The van der Waals surface area contributed by atoms with Gasteiger partial charge in [0.1, 0.15) is 0 Å². The molecular weight excluding hydrogens is 380 g/mol. The number of ether oxygens (including phenoxy) is 1. The molecule has 28 heavy (non-hydrogen) atoms. The number of allylic oxidation sites excluding steroid dienone is 2. The van der Waals surface area contributed by atoms with Crippen LogP contribution in [0.25, 0.3) is 0 Å². The molecule has 0 spiro atoms. The standard InChI is InChI=1S/C20H19ClN4O3/c1-3-6-17-14(9-22)19(13-7-4-5-8-16(13)21)15-10-25(24-20(15)23-17)18(27)11-28-12(2)26/h4-5,7-8,10,19H,3,6,11H2,1-2H3,(H,23,24). The highest BCUT2D eigenvalue weighted by Gasteiger charge is 2.33. The highest BCUT2D eigenvalue weighted by molar-refractivity contribution is 6.31. The second-order valence-electron chi connectivity index (χ2n) is 6.39. The highest BCUT2D eigenvalue weighted by atomic mass is 35.5. The van der Waals surface area contributed by atoms with Gasteiger partial charge in [0.05, 0.1) is 17.6 Å². The van der Waals surface area contributed by atoms with E-state index in [0.717, 1.165) is 22.4 Å². The van der Waals surface area contributed by atoms with E-state index in [-0.39, 0.29) is 0 Å². The summed E-state index contributed by atoms with van der Waals surface area (Å²) in [5, 5.41) is 17.9. The molecule has 3 rings (SSSR count). The Hall–Kier alpha value is -3.11. The summed E-state index contributed by atoms with van der Waals surface area (Å²) in [5.41, 5.74) is 2.75. The summed E-state index contributed by atoms with van der Waals surface area (Å²) in [7, 11) is 0. The monoisotopic (exact) mass is 398 g/mol. The summed E-state index contributed by atoms with van der Waals surface area (Å²) in [6.07, 6.45) is 3.06. The van der Waals surface area contributed by atoms with Gasteiger partial charge >= 0.3 is 5.97 Å². The number of fused-ring (bicyclic) bond motifs is 1. The minimum absolute atomic E-state index is 0.410. The number of aromatic nitrogens is 2. The second-order valence-corrected chi connectivity index (χ2v) is 6.79. The van der Waals surface area contributed by atoms with Gasteiger partial charge < -0.3 is 10.1 Å². The van der Waals surface area contributed by atoms with E-state index < -0.39 is 24.4 Å². The Morgan fingerprint density at radius 1 is 1.36 bits per heavy atom. The molecule has 144 valence electrons. The van der Waals surface area contributed by atoms with Crippen LogP contribution in [0.3, 0.4) is 0 Å².